The molecule has 0 aliphatic carbocycles. The van der Waals surface area contributed by atoms with Crippen LogP contribution in [0.25, 0.3) is 0 Å². The standard InChI is InChI=1S/C46H85O10P/c1-3-5-7-9-11-13-15-16-17-18-19-20-21-22-23-24-25-26-28-30-32-34-36-38-46(50)56-44(42-55-57(51,52)54-40-43(48)39-47)41-53-45(49)37-35-33-31-29-27-14-12-10-8-6-4-2/h10,12,24-25,30,32,43-44,47-48H,3-9,11,13-23,26-29,31,33-42H2,1-2H3,(H,51,52)/b12-10+,25-24+,32-30+/t43-,44+/m0/s1. The van der Waals surface area contributed by atoms with E-state index in [0.717, 1.165) is 57.8 Å². The lowest BCUT2D eigenvalue weighted by Crippen LogP contribution is -2.29. The zero-order valence-corrected chi connectivity index (χ0v) is 37.2. The summed E-state index contributed by atoms with van der Waals surface area (Å²) in [5.41, 5.74) is 0. The van der Waals surface area contributed by atoms with Gasteiger partial charge in [-0.15, -0.1) is 0 Å². The second kappa shape index (κ2) is 42.3. The van der Waals surface area contributed by atoms with E-state index in [2.05, 4.69) is 54.8 Å². The van der Waals surface area contributed by atoms with Crippen molar-refractivity contribution < 1.29 is 47.8 Å². The van der Waals surface area contributed by atoms with E-state index in [1.54, 1.807) is 0 Å². The molecular weight excluding hydrogens is 743 g/mol. The molecule has 10 nitrogen and oxygen atoms in total. The zero-order valence-electron chi connectivity index (χ0n) is 36.3. The molecular formula is C46H85O10P. The van der Waals surface area contributed by atoms with Gasteiger partial charge in [0, 0.05) is 12.8 Å². The zero-order chi connectivity index (χ0) is 41.9. The Morgan fingerprint density at radius 3 is 1.42 bits per heavy atom. The highest BCUT2D eigenvalue weighted by molar-refractivity contribution is 7.47. The van der Waals surface area contributed by atoms with Crippen molar-refractivity contribution in [1.29, 1.82) is 0 Å². The third-order valence-electron chi connectivity index (χ3n) is 9.74. The van der Waals surface area contributed by atoms with Crippen LogP contribution in [0.5, 0.6) is 0 Å². The van der Waals surface area contributed by atoms with Gasteiger partial charge in [0.2, 0.25) is 0 Å². The van der Waals surface area contributed by atoms with Crippen molar-refractivity contribution in [3.8, 4) is 0 Å². The molecule has 1 unspecified atom stereocenters. The first-order valence-corrected chi connectivity index (χ1v) is 24.4. The average molecular weight is 829 g/mol. The number of unbranched alkanes of at least 4 members (excludes halogenated alkanes) is 23. The summed E-state index contributed by atoms with van der Waals surface area (Å²) in [6.45, 7) is 2.30. The summed E-state index contributed by atoms with van der Waals surface area (Å²) in [6, 6.07) is 0. The van der Waals surface area contributed by atoms with Gasteiger partial charge in [0.1, 0.15) is 12.7 Å². The minimum atomic E-state index is -4.63. The van der Waals surface area contributed by atoms with Crippen LogP contribution in [0.15, 0.2) is 36.5 Å². The van der Waals surface area contributed by atoms with Crippen molar-refractivity contribution in [2.75, 3.05) is 26.4 Å². The average Bonchev–Trinajstić information content (AvgIpc) is 3.20. The quantitative estimate of drug-likeness (QED) is 0.0235. The van der Waals surface area contributed by atoms with Crippen molar-refractivity contribution in [1.82, 2.24) is 0 Å². The van der Waals surface area contributed by atoms with Crippen LogP contribution in [-0.2, 0) is 32.7 Å². The lowest BCUT2D eigenvalue weighted by atomic mass is 10.0. The first-order chi connectivity index (χ1) is 27.7. The van der Waals surface area contributed by atoms with Crippen molar-refractivity contribution in [3.05, 3.63) is 36.5 Å². The number of aliphatic hydroxyl groups excluding tert-OH is 2. The van der Waals surface area contributed by atoms with Crippen LogP contribution in [0.2, 0.25) is 0 Å². The summed E-state index contributed by atoms with van der Waals surface area (Å²) in [5.74, 6) is -0.983. The monoisotopic (exact) mass is 829 g/mol. The maximum absolute atomic E-state index is 12.6. The molecule has 0 saturated heterocycles. The van der Waals surface area contributed by atoms with Gasteiger partial charge in [-0.05, 0) is 64.2 Å². The second-order valence-corrected chi connectivity index (χ2v) is 16.9. The number of hydrogen-bond acceptors (Lipinski definition) is 9. The van der Waals surface area contributed by atoms with E-state index in [9.17, 15) is 24.2 Å². The number of phosphoric acid groups is 1. The molecule has 57 heavy (non-hydrogen) atoms. The van der Waals surface area contributed by atoms with Gasteiger partial charge in [-0.3, -0.25) is 18.6 Å². The summed E-state index contributed by atoms with van der Waals surface area (Å²) in [7, 11) is -4.63. The first kappa shape index (κ1) is 55.2. The Bertz CT molecular complexity index is 1050. The van der Waals surface area contributed by atoms with Crippen LogP contribution < -0.4 is 0 Å². The van der Waals surface area contributed by atoms with Gasteiger partial charge in [0.15, 0.2) is 6.10 Å². The maximum Gasteiger partial charge on any atom is 0.472 e. The van der Waals surface area contributed by atoms with E-state index in [0.29, 0.717) is 19.3 Å². The van der Waals surface area contributed by atoms with Crippen molar-refractivity contribution in [3.63, 3.8) is 0 Å². The number of esters is 2. The number of aliphatic hydroxyl groups is 2. The number of carbonyl (C=O) groups is 2. The summed E-state index contributed by atoms with van der Waals surface area (Å²) >= 11 is 0. The molecule has 0 saturated carbocycles. The van der Waals surface area contributed by atoms with E-state index in [-0.39, 0.29) is 19.4 Å². The van der Waals surface area contributed by atoms with E-state index < -0.39 is 51.8 Å². The van der Waals surface area contributed by atoms with Gasteiger partial charge in [0.25, 0.3) is 0 Å². The molecule has 3 N–H and O–H groups in total. The highest BCUT2D eigenvalue weighted by Gasteiger charge is 2.27. The lowest BCUT2D eigenvalue weighted by molar-refractivity contribution is -0.161. The third-order valence-corrected chi connectivity index (χ3v) is 10.7. The molecule has 0 aliphatic rings. The Labute approximate surface area is 348 Å². The second-order valence-electron chi connectivity index (χ2n) is 15.4. The van der Waals surface area contributed by atoms with Crippen molar-refractivity contribution >= 4 is 19.8 Å². The Morgan fingerprint density at radius 1 is 0.509 bits per heavy atom. The van der Waals surface area contributed by atoms with Crippen LogP contribution >= 0.6 is 7.82 Å². The highest BCUT2D eigenvalue weighted by atomic mass is 31.2. The number of hydrogen-bond donors (Lipinski definition) is 3. The van der Waals surface area contributed by atoms with E-state index in [1.165, 1.54) is 103 Å². The molecule has 0 rings (SSSR count). The molecule has 0 bridgehead atoms. The fourth-order valence-corrected chi connectivity index (χ4v) is 6.96. The van der Waals surface area contributed by atoms with Gasteiger partial charge >= 0.3 is 19.8 Å². The summed E-state index contributed by atoms with van der Waals surface area (Å²) in [4.78, 5) is 34.9. The number of phosphoric ester groups is 1. The maximum atomic E-state index is 12.6. The normalized spacial score (nSPS) is 14.1. The largest absolute Gasteiger partial charge is 0.472 e. The molecule has 0 spiro atoms. The minimum absolute atomic E-state index is 0.123. The highest BCUT2D eigenvalue weighted by Crippen LogP contribution is 2.43. The van der Waals surface area contributed by atoms with Crippen LogP contribution in [-0.4, -0.2) is 65.7 Å². The molecule has 334 valence electrons. The number of ether oxygens (including phenoxy) is 2. The van der Waals surface area contributed by atoms with Gasteiger partial charge in [-0.2, -0.15) is 0 Å². The first-order valence-electron chi connectivity index (χ1n) is 22.9. The predicted octanol–water partition coefficient (Wildman–Crippen LogP) is 12.3. The molecule has 0 aliphatic heterocycles. The fourth-order valence-electron chi connectivity index (χ4n) is 6.17. The smallest absolute Gasteiger partial charge is 0.462 e. The third kappa shape index (κ3) is 42.1. The van der Waals surface area contributed by atoms with Crippen LogP contribution in [0.1, 0.15) is 206 Å². The van der Waals surface area contributed by atoms with Gasteiger partial charge in [-0.25, -0.2) is 4.57 Å². The van der Waals surface area contributed by atoms with Gasteiger partial charge in [-0.1, -0.05) is 166 Å². The Morgan fingerprint density at radius 2 is 0.912 bits per heavy atom. The van der Waals surface area contributed by atoms with Gasteiger partial charge in [0.05, 0.1) is 19.8 Å². The fraction of sp³-hybridized carbons (Fsp3) is 0.826. The Balaban J connectivity index is 4.24. The SMILES string of the molecule is CCCC/C=C/CCCCCCCC(=O)OC[C@H](COP(=O)(O)OC[C@@H](O)CO)OC(=O)CCC/C=C/CC/C=C/CCCCCCCCCCCCCCCC. The molecule has 0 amide bonds. The van der Waals surface area contributed by atoms with Crippen molar-refractivity contribution in [2.24, 2.45) is 0 Å². The Kier molecular flexibility index (Phi) is 41.0. The molecule has 0 aromatic carbocycles. The topological polar surface area (TPSA) is 149 Å². The minimum Gasteiger partial charge on any atom is -0.462 e. The molecule has 11 heteroatoms. The lowest BCUT2D eigenvalue weighted by Gasteiger charge is -2.20. The molecule has 3 atom stereocenters. The molecule has 0 aromatic heterocycles. The number of carbonyl (C=O) groups excluding carboxylic acids is 2. The Hall–Kier alpha value is -1.81. The summed E-state index contributed by atoms with van der Waals surface area (Å²) < 4.78 is 32.6. The van der Waals surface area contributed by atoms with Crippen LogP contribution in [0.4, 0.5) is 0 Å². The molecule has 0 aromatic rings. The summed E-state index contributed by atoms with van der Waals surface area (Å²) in [6.07, 6.45) is 44.2. The van der Waals surface area contributed by atoms with Crippen LogP contribution in [0.3, 0.4) is 0 Å². The molecule has 0 heterocycles. The van der Waals surface area contributed by atoms with Gasteiger partial charge < -0.3 is 24.6 Å². The predicted molar refractivity (Wildman–Crippen MR) is 233 cm³/mol. The molecule has 0 radical (unpaired) electrons. The van der Waals surface area contributed by atoms with Crippen molar-refractivity contribution in [2.45, 2.75) is 219 Å². The van der Waals surface area contributed by atoms with E-state index in [1.807, 2.05) is 0 Å². The number of allylic oxidation sites excluding steroid dienone is 6. The summed E-state index contributed by atoms with van der Waals surface area (Å²) in [5, 5.41) is 18.3. The molecule has 0 fully saturated rings. The van der Waals surface area contributed by atoms with E-state index in [4.69, 9.17) is 19.1 Å². The van der Waals surface area contributed by atoms with Crippen LogP contribution in [0, 0.1) is 0 Å². The number of rotatable bonds is 43. The van der Waals surface area contributed by atoms with E-state index >= 15 is 0 Å².